The van der Waals surface area contributed by atoms with Gasteiger partial charge in [-0.1, -0.05) is 24.3 Å². The van der Waals surface area contributed by atoms with Gasteiger partial charge in [0, 0.05) is 29.2 Å². The maximum absolute atomic E-state index is 13.6. The third kappa shape index (κ3) is 4.86. The summed E-state index contributed by atoms with van der Waals surface area (Å²) in [6.45, 7) is 3.66. The number of aromatic nitrogens is 1. The Balaban J connectivity index is 1.57. The Bertz CT molecular complexity index is 1690. The second-order valence-corrected chi connectivity index (χ2v) is 9.36. The minimum Gasteiger partial charge on any atom is -0.504 e. The number of nitrogens with one attached hydrogen (secondary N) is 1. The molecule has 3 aromatic carbocycles. The molecule has 10 heteroatoms. The highest BCUT2D eigenvalue weighted by atomic mass is 19.4. The number of amides is 1. The summed E-state index contributed by atoms with van der Waals surface area (Å²) in [6.07, 6.45) is -1.92. The Morgan fingerprint density at radius 1 is 0.975 bits per heavy atom. The topological polar surface area (TPSA) is 103 Å². The quantitative estimate of drug-likeness (QED) is 0.235. The van der Waals surface area contributed by atoms with Crippen LogP contribution >= 0.6 is 0 Å². The fourth-order valence-electron chi connectivity index (χ4n) is 4.69. The average molecular weight is 546 g/mol. The van der Waals surface area contributed by atoms with E-state index in [2.05, 4.69) is 10.3 Å². The summed E-state index contributed by atoms with van der Waals surface area (Å²) in [6, 6.07) is 15.9. The minimum absolute atomic E-state index is 0.0307. The van der Waals surface area contributed by atoms with Crippen LogP contribution in [0.3, 0.4) is 0 Å². The summed E-state index contributed by atoms with van der Waals surface area (Å²) in [4.78, 5) is 30.4. The van der Waals surface area contributed by atoms with Crippen molar-refractivity contribution in [1.82, 2.24) is 4.98 Å². The number of carbonyl (C=O) groups excluding carboxylic acids is 1. The number of aryl methyl sites for hydroxylation is 2. The molecule has 2 heterocycles. The molecule has 1 aliphatic heterocycles. The van der Waals surface area contributed by atoms with E-state index in [1.165, 1.54) is 41.6 Å². The number of carboxylic acid groups (broad SMARTS) is 1. The van der Waals surface area contributed by atoms with Crippen LogP contribution in [0.5, 0.6) is 5.75 Å². The van der Waals surface area contributed by atoms with Crippen LogP contribution in [0.15, 0.2) is 79.1 Å². The molecule has 0 saturated carbocycles. The molecule has 1 aliphatic rings. The number of anilines is 3. The van der Waals surface area contributed by atoms with Crippen LogP contribution in [0.25, 0.3) is 16.7 Å². The fraction of sp³-hybridized carbons (Fsp3) is 0.100. The van der Waals surface area contributed by atoms with Gasteiger partial charge in [0.25, 0.3) is 5.91 Å². The van der Waals surface area contributed by atoms with E-state index in [0.717, 1.165) is 23.3 Å². The Kier molecular flexibility index (Phi) is 6.54. The number of aromatic hydroxyl groups is 1. The molecule has 0 radical (unpaired) electrons. The molecule has 0 atom stereocenters. The van der Waals surface area contributed by atoms with E-state index in [0.29, 0.717) is 16.8 Å². The van der Waals surface area contributed by atoms with Crippen LogP contribution in [0.2, 0.25) is 0 Å². The van der Waals surface area contributed by atoms with Gasteiger partial charge in [0.2, 0.25) is 0 Å². The van der Waals surface area contributed by atoms with Crippen molar-refractivity contribution in [1.29, 1.82) is 0 Å². The third-order valence-electron chi connectivity index (χ3n) is 6.45. The molecule has 5 rings (SSSR count). The number of hydrogen-bond acceptors (Lipinski definition) is 5. The van der Waals surface area contributed by atoms with E-state index in [1.54, 1.807) is 24.3 Å². The number of carboxylic acids is 1. The van der Waals surface area contributed by atoms with Crippen LogP contribution in [0.4, 0.5) is 30.4 Å². The van der Waals surface area contributed by atoms with Gasteiger partial charge in [0.05, 0.1) is 22.4 Å². The van der Waals surface area contributed by atoms with Gasteiger partial charge in [-0.25, -0.2) is 9.78 Å². The molecule has 0 unspecified atom stereocenters. The number of alkyl halides is 3. The lowest BCUT2D eigenvalue weighted by atomic mass is 10.0. The number of carbonyl (C=O) groups is 2. The van der Waals surface area contributed by atoms with Crippen LogP contribution < -0.4 is 10.2 Å². The Morgan fingerprint density at radius 2 is 1.70 bits per heavy atom. The van der Waals surface area contributed by atoms with Crippen molar-refractivity contribution in [3.63, 3.8) is 0 Å². The number of fused-ring (bicyclic) bond motifs is 1. The summed E-state index contributed by atoms with van der Waals surface area (Å²) in [5.41, 5.74) is 2.39. The zero-order valence-corrected chi connectivity index (χ0v) is 21.2. The van der Waals surface area contributed by atoms with Gasteiger partial charge in [-0.15, -0.1) is 0 Å². The zero-order chi connectivity index (χ0) is 28.8. The molecule has 40 heavy (non-hydrogen) atoms. The molecule has 202 valence electrons. The van der Waals surface area contributed by atoms with E-state index >= 15 is 0 Å². The normalized spacial score (nSPS) is 14.0. The fourth-order valence-corrected chi connectivity index (χ4v) is 4.69. The molecule has 0 spiro atoms. The summed E-state index contributed by atoms with van der Waals surface area (Å²) < 4.78 is 40.7. The van der Waals surface area contributed by atoms with Gasteiger partial charge < -0.3 is 15.5 Å². The van der Waals surface area contributed by atoms with Gasteiger partial charge >= 0.3 is 12.1 Å². The SMILES string of the molecule is Cc1cc(C)cc(N2C(=O)/C(=C\Nc3nccc(-c4cccc(C(=O)O)c4)c3O)c3ccc(C(F)(F)F)cc32)c1. The number of pyridine rings is 1. The molecule has 3 N–H and O–H groups in total. The third-order valence-corrected chi connectivity index (χ3v) is 6.45. The monoisotopic (exact) mass is 545 g/mol. The van der Waals surface area contributed by atoms with Crippen molar-refractivity contribution in [2.24, 2.45) is 0 Å². The smallest absolute Gasteiger partial charge is 0.416 e. The second kappa shape index (κ2) is 9.88. The van der Waals surface area contributed by atoms with Crippen molar-refractivity contribution in [3.8, 4) is 16.9 Å². The number of nitrogens with zero attached hydrogens (tertiary/aromatic N) is 2. The Hall–Kier alpha value is -5.12. The summed E-state index contributed by atoms with van der Waals surface area (Å²) in [5, 5.41) is 23.0. The first kappa shape index (κ1) is 26.5. The molecular weight excluding hydrogens is 523 g/mol. The Morgan fingerprint density at radius 3 is 2.38 bits per heavy atom. The molecule has 0 bridgehead atoms. The van der Waals surface area contributed by atoms with Crippen molar-refractivity contribution >= 4 is 34.6 Å². The van der Waals surface area contributed by atoms with Crippen LogP contribution in [0, 0.1) is 13.8 Å². The van der Waals surface area contributed by atoms with E-state index in [4.69, 9.17) is 0 Å². The highest BCUT2D eigenvalue weighted by Gasteiger charge is 2.38. The molecule has 7 nitrogen and oxygen atoms in total. The van der Waals surface area contributed by atoms with E-state index in [1.807, 2.05) is 19.9 Å². The highest BCUT2D eigenvalue weighted by molar-refractivity contribution is 6.35. The maximum Gasteiger partial charge on any atom is 0.416 e. The zero-order valence-electron chi connectivity index (χ0n) is 21.2. The average Bonchev–Trinajstić information content (AvgIpc) is 3.17. The van der Waals surface area contributed by atoms with Crippen molar-refractivity contribution < 1.29 is 33.0 Å². The lowest BCUT2D eigenvalue weighted by Gasteiger charge is -2.19. The predicted molar refractivity (Wildman–Crippen MR) is 144 cm³/mol. The first-order valence-electron chi connectivity index (χ1n) is 12.1. The molecule has 1 amide bonds. The largest absolute Gasteiger partial charge is 0.504 e. The maximum atomic E-state index is 13.6. The van der Waals surface area contributed by atoms with Crippen LogP contribution in [-0.2, 0) is 11.0 Å². The molecule has 1 aromatic heterocycles. The first-order valence-corrected chi connectivity index (χ1v) is 12.1. The minimum atomic E-state index is -4.61. The van der Waals surface area contributed by atoms with E-state index in [-0.39, 0.29) is 34.0 Å². The number of rotatable bonds is 5. The van der Waals surface area contributed by atoms with Crippen molar-refractivity contribution in [2.45, 2.75) is 20.0 Å². The van der Waals surface area contributed by atoms with Gasteiger partial charge in [0.15, 0.2) is 11.6 Å². The van der Waals surface area contributed by atoms with Gasteiger partial charge in [-0.05, 0) is 73.0 Å². The summed E-state index contributed by atoms with van der Waals surface area (Å²) in [5.74, 6) is -2.02. The van der Waals surface area contributed by atoms with Gasteiger partial charge in [0.1, 0.15) is 0 Å². The Labute approximate surface area is 226 Å². The lowest BCUT2D eigenvalue weighted by Crippen LogP contribution is -2.21. The molecule has 0 fully saturated rings. The number of hydrogen-bond donors (Lipinski definition) is 3. The number of halogens is 3. The van der Waals surface area contributed by atoms with E-state index < -0.39 is 23.6 Å². The molecule has 0 aliphatic carbocycles. The van der Waals surface area contributed by atoms with Gasteiger partial charge in [-0.3, -0.25) is 9.69 Å². The van der Waals surface area contributed by atoms with Gasteiger partial charge in [-0.2, -0.15) is 13.2 Å². The summed E-state index contributed by atoms with van der Waals surface area (Å²) >= 11 is 0. The van der Waals surface area contributed by atoms with Crippen LogP contribution in [-0.4, -0.2) is 27.1 Å². The molecule has 0 saturated heterocycles. The predicted octanol–water partition coefficient (Wildman–Crippen LogP) is 6.92. The first-order chi connectivity index (χ1) is 18.9. The highest BCUT2D eigenvalue weighted by Crippen LogP contribution is 2.45. The lowest BCUT2D eigenvalue weighted by molar-refractivity contribution is -0.137. The molecule has 4 aromatic rings. The van der Waals surface area contributed by atoms with Crippen molar-refractivity contribution in [2.75, 3.05) is 10.2 Å². The number of benzene rings is 3. The van der Waals surface area contributed by atoms with Crippen molar-refractivity contribution in [3.05, 3.63) is 107 Å². The van der Waals surface area contributed by atoms with E-state index in [9.17, 15) is 33.0 Å². The van der Waals surface area contributed by atoms with Crippen LogP contribution in [0.1, 0.15) is 32.6 Å². The second-order valence-electron chi connectivity index (χ2n) is 9.36. The number of aromatic carboxylic acids is 1. The molecular formula is C30H22F3N3O4. The summed E-state index contributed by atoms with van der Waals surface area (Å²) in [7, 11) is 0. The standard InChI is InChI=1S/C30H22F3N3O4/c1-16-10-17(2)12-21(11-16)36-25-14-20(30(31,32)33)6-7-23(25)24(28(36)38)15-35-27-26(37)22(8-9-34-27)18-4-3-5-19(13-18)29(39)40/h3-15,37H,1-2H3,(H,34,35)(H,39,40)/b24-15-.